The maximum absolute atomic E-state index is 11.7. The number of fused-ring (bicyclic) bond motifs is 1. The number of aliphatic carboxylic acids is 1. The largest absolute Gasteiger partial charge is 0.480 e. The van der Waals surface area contributed by atoms with Gasteiger partial charge in [0, 0.05) is 6.20 Å². The number of pyridine rings is 1. The third-order valence-electron chi connectivity index (χ3n) is 2.57. The lowest BCUT2D eigenvalue weighted by Crippen LogP contribution is -2.41. The number of hydrogen-bond donors (Lipinski definition) is 2. The van der Waals surface area contributed by atoms with Gasteiger partial charge in [0.25, 0.3) is 0 Å². The highest BCUT2D eigenvalue weighted by molar-refractivity contribution is 5.81. The van der Waals surface area contributed by atoms with Gasteiger partial charge in [-0.15, -0.1) is 0 Å². The van der Waals surface area contributed by atoms with E-state index in [1.165, 1.54) is 30.8 Å². The normalized spacial score (nSPS) is 11.9. The van der Waals surface area contributed by atoms with Crippen molar-refractivity contribution < 1.29 is 9.90 Å². The van der Waals surface area contributed by atoms with Gasteiger partial charge in [-0.1, -0.05) is 0 Å². The van der Waals surface area contributed by atoms with Crippen molar-refractivity contribution in [2.75, 3.05) is 0 Å². The number of aromatic amines is 1. The molecule has 0 saturated carbocycles. The van der Waals surface area contributed by atoms with Crippen LogP contribution in [0.15, 0.2) is 23.3 Å². The number of imidazole rings is 1. The maximum atomic E-state index is 11.7. The molecule has 6 nitrogen and oxygen atoms in total. The summed E-state index contributed by atoms with van der Waals surface area (Å²) in [6, 6.07) is 1.63. The van der Waals surface area contributed by atoms with Gasteiger partial charge in [-0.05, 0) is 19.9 Å². The van der Waals surface area contributed by atoms with Gasteiger partial charge in [0.1, 0.15) is 5.54 Å². The number of nitrogens with one attached hydrogen (secondary N) is 1. The topological polar surface area (TPSA) is 88.0 Å². The smallest absolute Gasteiger partial charge is 0.329 e. The Balaban J connectivity index is 2.83. The van der Waals surface area contributed by atoms with Gasteiger partial charge in [0.05, 0.1) is 17.2 Å². The number of aromatic nitrogens is 3. The molecule has 0 unspecified atom stereocenters. The number of nitrogens with zero attached hydrogens (tertiary/aromatic N) is 2. The maximum Gasteiger partial charge on any atom is 0.329 e. The van der Waals surface area contributed by atoms with E-state index in [2.05, 4.69) is 9.97 Å². The van der Waals surface area contributed by atoms with Crippen LogP contribution in [0.3, 0.4) is 0 Å². The van der Waals surface area contributed by atoms with E-state index in [4.69, 9.17) is 5.11 Å². The lowest BCUT2D eigenvalue weighted by Gasteiger charge is -2.20. The van der Waals surface area contributed by atoms with Gasteiger partial charge >= 0.3 is 11.7 Å². The van der Waals surface area contributed by atoms with Crippen molar-refractivity contribution in [1.29, 1.82) is 0 Å². The molecule has 2 N–H and O–H groups in total. The van der Waals surface area contributed by atoms with Crippen LogP contribution < -0.4 is 5.69 Å². The quantitative estimate of drug-likeness (QED) is 0.774. The molecule has 16 heavy (non-hydrogen) atoms. The monoisotopic (exact) mass is 221 g/mol. The molecule has 0 aliphatic carbocycles. The first-order valence-electron chi connectivity index (χ1n) is 4.73. The number of H-pyrrole nitrogens is 1. The van der Waals surface area contributed by atoms with Gasteiger partial charge in [0.15, 0.2) is 0 Å². The Labute approximate surface area is 90.5 Å². The van der Waals surface area contributed by atoms with Crippen LogP contribution in [0.2, 0.25) is 0 Å². The number of carboxylic acids is 1. The van der Waals surface area contributed by atoms with Crippen LogP contribution in [0, 0.1) is 0 Å². The predicted octanol–water partition coefficient (Wildman–Crippen LogP) is 0.544. The van der Waals surface area contributed by atoms with Crippen molar-refractivity contribution in [2.24, 2.45) is 0 Å². The second-order valence-corrected chi connectivity index (χ2v) is 4.02. The summed E-state index contributed by atoms with van der Waals surface area (Å²) in [5, 5.41) is 9.10. The van der Waals surface area contributed by atoms with E-state index in [1.54, 1.807) is 6.07 Å². The molecule has 2 aromatic rings. The van der Waals surface area contributed by atoms with Crippen LogP contribution in [0.1, 0.15) is 13.8 Å². The highest BCUT2D eigenvalue weighted by Crippen LogP contribution is 2.18. The molecule has 6 heteroatoms. The predicted molar refractivity (Wildman–Crippen MR) is 57.3 cm³/mol. The summed E-state index contributed by atoms with van der Waals surface area (Å²) in [6.07, 6.45) is 3.01. The lowest BCUT2D eigenvalue weighted by molar-refractivity contribution is -0.145. The van der Waals surface area contributed by atoms with Crippen molar-refractivity contribution >= 4 is 17.0 Å². The van der Waals surface area contributed by atoms with Crippen LogP contribution in [-0.4, -0.2) is 25.6 Å². The van der Waals surface area contributed by atoms with Crippen LogP contribution in [0.5, 0.6) is 0 Å². The number of carboxylic acid groups (broad SMARTS) is 1. The lowest BCUT2D eigenvalue weighted by atomic mass is 10.1. The Hall–Kier alpha value is -2.11. The summed E-state index contributed by atoms with van der Waals surface area (Å²) in [4.78, 5) is 29.3. The molecule has 0 atom stereocenters. The summed E-state index contributed by atoms with van der Waals surface area (Å²) in [5.74, 6) is -1.07. The second kappa shape index (κ2) is 3.19. The average Bonchev–Trinajstić information content (AvgIpc) is 2.53. The molecule has 0 fully saturated rings. The molecule has 0 spiro atoms. The summed E-state index contributed by atoms with van der Waals surface area (Å²) < 4.78 is 1.19. The molecule has 0 saturated heterocycles. The minimum atomic E-state index is -1.31. The summed E-state index contributed by atoms with van der Waals surface area (Å²) in [5.41, 5.74) is -0.692. The molecule has 0 aliphatic rings. The average molecular weight is 221 g/mol. The summed E-state index contributed by atoms with van der Waals surface area (Å²) in [7, 11) is 0. The SMILES string of the molecule is CC(C)(C(=O)O)n1c(=O)[nH]c2ccncc21. The van der Waals surface area contributed by atoms with E-state index < -0.39 is 17.2 Å². The fourth-order valence-corrected chi connectivity index (χ4v) is 1.60. The summed E-state index contributed by atoms with van der Waals surface area (Å²) >= 11 is 0. The van der Waals surface area contributed by atoms with E-state index in [1.807, 2.05) is 0 Å². The Morgan fingerprint density at radius 3 is 2.88 bits per heavy atom. The number of carbonyl (C=O) groups is 1. The highest BCUT2D eigenvalue weighted by atomic mass is 16.4. The third kappa shape index (κ3) is 1.30. The van der Waals surface area contributed by atoms with Gasteiger partial charge < -0.3 is 10.1 Å². The Morgan fingerprint density at radius 1 is 1.56 bits per heavy atom. The molecule has 0 aromatic carbocycles. The van der Waals surface area contributed by atoms with Crippen molar-refractivity contribution in [2.45, 2.75) is 19.4 Å². The van der Waals surface area contributed by atoms with Crippen LogP contribution in [-0.2, 0) is 10.3 Å². The standard InChI is InChI=1S/C10H11N3O3/c1-10(2,8(14)15)13-7-5-11-4-3-6(7)12-9(13)16/h3-5H,1-2H3,(H,12,16)(H,14,15). The van der Waals surface area contributed by atoms with Gasteiger partial charge in [-0.3, -0.25) is 9.55 Å². The van der Waals surface area contributed by atoms with E-state index >= 15 is 0 Å². The molecule has 0 aliphatic heterocycles. The zero-order valence-corrected chi connectivity index (χ0v) is 8.89. The molecule has 0 amide bonds. The molecule has 2 aromatic heterocycles. The fourth-order valence-electron chi connectivity index (χ4n) is 1.60. The zero-order chi connectivity index (χ0) is 11.9. The zero-order valence-electron chi connectivity index (χ0n) is 8.89. The first-order valence-corrected chi connectivity index (χ1v) is 4.73. The van der Waals surface area contributed by atoms with E-state index in [9.17, 15) is 9.59 Å². The van der Waals surface area contributed by atoms with Crippen molar-refractivity contribution in [3.8, 4) is 0 Å². The van der Waals surface area contributed by atoms with E-state index in [0.717, 1.165) is 0 Å². The minimum Gasteiger partial charge on any atom is -0.480 e. The Bertz CT molecular complexity index is 609. The van der Waals surface area contributed by atoms with Crippen LogP contribution >= 0.6 is 0 Å². The van der Waals surface area contributed by atoms with Gasteiger partial charge in [-0.25, -0.2) is 9.59 Å². The van der Waals surface area contributed by atoms with Gasteiger partial charge in [0.2, 0.25) is 0 Å². The molecular formula is C10H11N3O3. The Morgan fingerprint density at radius 2 is 2.25 bits per heavy atom. The van der Waals surface area contributed by atoms with E-state index in [0.29, 0.717) is 11.0 Å². The first-order chi connectivity index (χ1) is 7.44. The van der Waals surface area contributed by atoms with Crippen molar-refractivity contribution in [3.63, 3.8) is 0 Å². The second-order valence-electron chi connectivity index (χ2n) is 4.02. The number of rotatable bonds is 2. The minimum absolute atomic E-state index is 0.449. The third-order valence-corrected chi connectivity index (χ3v) is 2.57. The van der Waals surface area contributed by atoms with Crippen LogP contribution in [0.4, 0.5) is 0 Å². The molecule has 84 valence electrons. The van der Waals surface area contributed by atoms with E-state index in [-0.39, 0.29) is 0 Å². The van der Waals surface area contributed by atoms with Crippen molar-refractivity contribution in [3.05, 3.63) is 28.9 Å². The van der Waals surface area contributed by atoms with Crippen LogP contribution in [0.25, 0.3) is 11.0 Å². The molecule has 0 radical (unpaired) electrons. The molecule has 0 bridgehead atoms. The highest BCUT2D eigenvalue weighted by Gasteiger charge is 2.32. The molecule has 2 rings (SSSR count). The summed E-state index contributed by atoms with van der Waals surface area (Å²) in [6.45, 7) is 2.94. The Kier molecular flexibility index (Phi) is 2.08. The first kappa shape index (κ1) is 10.4. The molecule has 2 heterocycles. The van der Waals surface area contributed by atoms with Crippen molar-refractivity contribution in [1.82, 2.24) is 14.5 Å². The number of hydrogen-bond acceptors (Lipinski definition) is 3. The molecular weight excluding hydrogens is 210 g/mol. The van der Waals surface area contributed by atoms with Gasteiger partial charge in [-0.2, -0.15) is 0 Å². The fraction of sp³-hybridized carbons (Fsp3) is 0.300.